The van der Waals surface area contributed by atoms with Crippen molar-refractivity contribution in [2.24, 2.45) is 0 Å². The second-order valence-electron chi connectivity index (χ2n) is 5.75. The minimum Gasteiger partial charge on any atom is -0.355 e. The van der Waals surface area contributed by atoms with E-state index in [4.69, 9.17) is 4.98 Å². The molecular formula is C18H23N3OS2. The molecule has 0 spiro atoms. The van der Waals surface area contributed by atoms with Crippen molar-refractivity contribution in [3.8, 4) is 0 Å². The summed E-state index contributed by atoms with van der Waals surface area (Å²) in [5, 5.41) is 3.98. The van der Waals surface area contributed by atoms with Crippen LogP contribution in [0.1, 0.15) is 16.8 Å². The van der Waals surface area contributed by atoms with Gasteiger partial charge < -0.3 is 10.2 Å². The molecule has 0 atom stereocenters. The maximum Gasteiger partial charge on any atom is 0.252 e. The molecule has 1 aliphatic rings. The van der Waals surface area contributed by atoms with Crippen LogP contribution in [0.25, 0.3) is 10.9 Å². The number of benzene rings is 1. The van der Waals surface area contributed by atoms with E-state index in [0.717, 1.165) is 59.1 Å². The molecule has 1 aliphatic heterocycles. The number of anilines is 1. The number of nitrogens with one attached hydrogen (secondary N) is 1. The molecule has 6 heteroatoms. The molecular weight excluding hydrogens is 338 g/mol. The molecule has 128 valence electrons. The number of para-hydroxylation sites is 1. The van der Waals surface area contributed by atoms with Gasteiger partial charge >= 0.3 is 0 Å². The smallest absolute Gasteiger partial charge is 0.252 e. The van der Waals surface area contributed by atoms with Gasteiger partial charge in [0, 0.05) is 36.5 Å². The number of carbonyl (C=O) groups is 1. The van der Waals surface area contributed by atoms with E-state index in [1.165, 1.54) is 0 Å². The Labute approximate surface area is 151 Å². The summed E-state index contributed by atoms with van der Waals surface area (Å²) in [7, 11) is 0. The van der Waals surface area contributed by atoms with Crippen molar-refractivity contribution < 1.29 is 4.79 Å². The van der Waals surface area contributed by atoms with Crippen LogP contribution in [0.5, 0.6) is 0 Å². The zero-order chi connectivity index (χ0) is 16.8. The molecule has 0 unspecified atom stereocenters. The summed E-state index contributed by atoms with van der Waals surface area (Å²) in [5.74, 6) is 4.22. The fourth-order valence-electron chi connectivity index (χ4n) is 2.82. The van der Waals surface area contributed by atoms with E-state index in [1.807, 2.05) is 42.1 Å². The van der Waals surface area contributed by atoms with E-state index < -0.39 is 0 Å². The third-order valence-corrected chi connectivity index (χ3v) is 5.73. The van der Waals surface area contributed by atoms with Gasteiger partial charge in [-0.15, -0.1) is 0 Å². The first-order valence-corrected chi connectivity index (χ1v) is 10.8. The first kappa shape index (κ1) is 17.4. The monoisotopic (exact) mass is 361 g/mol. The normalized spacial score (nSPS) is 14.8. The van der Waals surface area contributed by atoms with Crippen LogP contribution in [0.3, 0.4) is 0 Å². The standard InChI is InChI=1S/C18H23N3OS2/c1-23-10-4-7-19-18(22)15-13-17(21-8-11-24-12-9-21)20-16-6-3-2-5-14(15)16/h2-3,5-6,13H,4,7-12H2,1H3,(H,19,22). The molecule has 3 rings (SSSR count). The fraction of sp³-hybridized carbons (Fsp3) is 0.444. The van der Waals surface area contributed by atoms with Gasteiger partial charge in [-0.2, -0.15) is 23.5 Å². The first-order chi connectivity index (χ1) is 11.8. The summed E-state index contributed by atoms with van der Waals surface area (Å²) in [4.78, 5) is 19.8. The van der Waals surface area contributed by atoms with E-state index in [1.54, 1.807) is 11.8 Å². The number of hydrogen-bond acceptors (Lipinski definition) is 5. The molecule has 0 bridgehead atoms. The van der Waals surface area contributed by atoms with Gasteiger partial charge in [0.15, 0.2) is 0 Å². The molecule has 1 N–H and O–H groups in total. The minimum absolute atomic E-state index is 0.00216. The molecule has 1 amide bonds. The Morgan fingerprint density at radius 1 is 1.33 bits per heavy atom. The van der Waals surface area contributed by atoms with Gasteiger partial charge in [0.2, 0.25) is 0 Å². The zero-order valence-electron chi connectivity index (χ0n) is 14.0. The predicted octanol–water partition coefficient (Wildman–Crippen LogP) is 3.27. The highest BCUT2D eigenvalue weighted by Gasteiger charge is 2.17. The largest absolute Gasteiger partial charge is 0.355 e. The lowest BCUT2D eigenvalue weighted by atomic mass is 10.1. The fourth-order valence-corrected chi connectivity index (χ4v) is 4.15. The molecule has 1 saturated heterocycles. The number of carbonyl (C=O) groups excluding carboxylic acids is 1. The summed E-state index contributed by atoms with van der Waals surface area (Å²) in [5.41, 5.74) is 1.63. The Morgan fingerprint density at radius 3 is 2.92 bits per heavy atom. The van der Waals surface area contributed by atoms with E-state index in [0.29, 0.717) is 6.54 Å². The number of fused-ring (bicyclic) bond motifs is 1. The average molecular weight is 362 g/mol. The van der Waals surface area contributed by atoms with Gasteiger partial charge in [-0.3, -0.25) is 4.79 Å². The lowest BCUT2D eigenvalue weighted by Crippen LogP contribution is -2.33. The molecule has 0 aliphatic carbocycles. The first-order valence-electron chi connectivity index (χ1n) is 8.29. The minimum atomic E-state index is 0.00216. The molecule has 0 saturated carbocycles. The van der Waals surface area contributed by atoms with Gasteiger partial charge in [0.25, 0.3) is 5.91 Å². The number of hydrogen-bond donors (Lipinski definition) is 1. The van der Waals surface area contributed by atoms with Gasteiger partial charge in [0.1, 0.15) is 5.82 Å². The molecule has 1 fully saturated rings. The molecule has 1 aromatic heterocycles. The maximum atomic E-state index is 12.7. The van der Waals surface area contributed by atoms with Gasteiger partial charge in [0.05, 0.1) is 11.1 Å². The Balaban J connectivity index is 1.87. The highest BCUT2D eigenvalue weighted by molar-refractivity contribution is 7.99. The van der Waals surface area contributed by atoms with Crippen LogP contribution in [0, 0.1) is 0 Å². The van der Waals surface area contributed by atoms with E-state index in [2.05, 4.69) is 16.5 Å². The third-order valence-electron chi connectivity index (χ3n) is 4.09. The molecule has 1 aromatic carbocycles. The summed E-state index contributed by atoms with van der Waals surface area (Å²) in [6, 6.07) is 9.87. The number of rotatable bonds is 6. The van der Waals surface area contributed by atoms with Crippen LogP contribution in [0.15, 0.2) is 30.3 Å². The summed E-state index contributed by atoms with van der Waals surface area (Å²) in [6.07, 6.45) is 3.08. The summed E-state index contributed by atoms with van der Waals surface area (Å²) in [6.45, 7) is 2.70. The van der Waals surface area contributed by atoms with Gasteiger partial charge in [-0.05, 0) is 30.6 Å². The Morgan fingerprint density at radius 2 is 2.12 bits per heavy atom. The van der Waals surface area contributed by atoms with Crippen molar-refractivity contribution in [2.45, 2.75) is 6.42 Å². The third kappa shape index (κ3) is 4.16. The second-order valence-corrected chi connectivity index (χ2v) is 7.96. The lowest BCUT2D eigenvalue weighted by Gasteiger charge is -2.28. The SMILES string of the molecule is CSCCCNC(=O)c1cc(N2CCSCC2)nc2ccccc12. The van der Waals surface area contributed by atoms with Crippen molar-refractivity contribution in [3.63, 3.8) is 0 Å². The van der Waals surface area contributed by atoms with Crippen LogP contribution in [-0.2, 0) is 0 Å². The van der Waals surface area contributed by atoms with Crippen molar-refractivity contribution in [1.29, 1.82) is 0 Å². The number of pyridine rings is 1. The van der Waals surface area contributed by atoms with E-state index in [-0.39, 0.29) is 5.91 Å². The van der Waals surface area contributed by atoms with Crippen LogP contribution >= 0.6 is 23.5 Å². The van der Waals surface area contributed by atoms with Gasteiger partial charge in [-0.25, -0.2) is 4.98 Å². The van der Waals surface area contributed by atoms with Crippen molar-refractivity contribution >= 4 is 46.2 Å². The quantitative estimate of drug-likeness (QED) is 0.800. The Bertz CT molecular complexity index is 702. The maximum absolute atomic E-state index is 12.7. The molecule has 2 aromatic rings. The molecule has 4 nitrogen and oxygen atoms in total. The number of amides is 1. The van der Waals surface area contributed by atoms with E-state index >= 15 is 0 Å². The second kappa shape index (κ2) is 8.62. The zero-order valence-corrected chi connectivity index (χ0v) is 15.6. The number of thioether (sulfide) groups is 2. The molecule has 24 heavy (non-hydrogen) atoms. The lowest BCUT2D eigenvalue weighted by molar-refractivity contribution is 0.0955. The Kier molecular flexibility index (Phi) is 6.26. The highest BCUT2D eigenvalue weighted by Crippen LogP contribution is 2.25. The van der Waals surface area contributed by atoms with Crippen LogP contribution in [0.4, 0.5) is 5.82 Å². The molecule has 2 heterocycles. The van der Waals surface area contributed by atoms with Crippen molar-refractivity contribution in [2.75, 3.05) is 48.0 Å². The highest BCUT2D eigenvalue weighted by atomic mass is 32.2. The number of aromatic nitrogens is 1. The number of nitrogens with zero attached hydrogens (tertiary/aromatic N) is 2. The summed E-state index contributed by atoms with van der Waals surface area (Å²) < 4.78 is 0. The van der Waals surface area contributed by atoms with Crippen LogP contribution in [0.2, 0.25) is 0 Å². The topological polar surface area (TPSA) is 45.2 Å². The van der Waals surface area contributed by atoms with Crippen molar-refractivity contribution in [1.82, 2.24) is 10.3 Å². The predicted molar refractivity (Wildman–Crippen MR) is 107 cm³/mol. The molecule has 0 radical (unpaired) electrons. The van der Waals surface area contributed by atoms with Gasteiger partial charge in [-0.1, -0.05) is 18.2 Å². The summed E-state index contributed by atoms with van der Waals surface area (Å²) >= 11 is 3.78. The van der Waals surface area contributed by atoms with Crippen LogP contribution in [-0.4, -0.2) is 54.0 Å². The van der Waals surface area contributed by atoms with E-state index in [9.17, 15) is 4.79 Å². The average Bonchev–Trinajstić information content (AvgIpc) is 2.65. The Hall–Kier alpha value is -1.40. The van der Waals surface area contributed by atoms with Crippen LogP contribution < -0.4 is 10.2 Å². The van der Waals surface area contributed by atoms with Crippen molar-refractivity contribution in [3.05, 3.63) is 35.9 Å².